The van der Waals surface area contributed by atoms with Crippen molar-refractivity contribution in [3.63, 3.8) is 0 Å². The molecule has 8 heteroatoms. The van der Waals surface area contributed by atoms with Gasteiger partial charge in [-0.05, 0) is 79.7 Å². The second kappa shape index (κ2) is 9.88. The number of anilines is 1. The van der Waals surface area contributed by atoms with Gasteiger partial charge >= 0.3 is 0 Å². The molecule has 0 aliphatic heterocycles. The molecule has 1 amide bonds. The Morgan fingerprint density at radius 1 is 0.743 bits per heavy atom. The first-order chi connectivity index (χ1) is 17.1. The third-order valence-corrected chi connectivity index (χ3v) is 5.01. The molecule has 8 nitrogen and oxygen atoms in total. The third-order valence-electron chi connectivity index (χ3n) is 5.01. The van der Waals surface area contributed by atoms with Crippen molar-refractivity contribution in [1.82, 2.24) is 20.0 Å². The van der Waals surface area contributed by atoms with Crippen molar-refractivity contribution in [2.24, 2.45) is 0 Å². The Hall–Kier alpha value is -4.98. The number of nitrogens with zero attached hydrogens (tertiary/aromatic N) is 4. The van der Waals surface area contributed by atoms with Crippen LogP contribution in [0.2, 0.25) is 0 Å². The molecule has 5 rings (SSSR count). The molecule has 0 saturated heterocycles. The maximum absolute atomic E-state index is 12.6. The predicted octanol–water partition coefficient (Wildman–Crippen LogP) is 5.81. The van der Waals surface area contributed by atoms with Crippen LogP contribution in [0.25, 0.3) is 5.82 Å². The molecule has 0 spiro atoms. The number of carbonyl (C=O) groups is 1. The topological polar surface area (TPSA) is 91.2 Å². The lowest BCUT2D eigenvalue weighted by Gasteiger charge is -2.09. The molecule has 2 heterocycles. The zero-order valence-corrected chi connectivity index (χ0v) is 18.8. The molecule has 0 aliphatic rings. The van der Waals surface area contributed by atoms with E-state index >= 15 is 0 Å². The van der Waals surface area contributed by atoms with Crippen LogP contribution in [-0.2, 0) is 0 Å². The number of nitrogens with one attached hydrogen (secondary N) is 1. The Kier molecular flexibility index (Phi) is 6.17. The van der Waals surface area contributed by atoms with Crippen molar-refractivity contribution in [3.05, 3.63) is 115 Å². The molecule has 1 N–H and O–H groups in total. The van der Waals surface area contributed by atoms with E-state index in [1.807, 2.05) is 49.5 Å². The number of rotatable bonds is 7. The van der Waals surface area contributed by atoms with E-state index in [0.717, 1.165) is 11.4 Å². The number of aromatic nitrogens is 4. The Morgan fingerprint density at radius 3 is 2.09 bits per heavy atom. The zero-order valence-electron chi connectivity index (χ0n) is 18.8. The quantitative estimate of drug-likeness (QED) is 0.328. The minimum Gasteiger partial charge on any atom is -0.457 e. The van der Waals surface area contributed by atoms with Crippen molar-refractivity contribution in [2.75, 3.05) is 5.32 Å². The lowest BCUT2D eigenvalue weighted by Crippen LogP contribution is -2.11. The van der Waals surface area contributed by atoms with Gasteiger partial charge in [0.25, 0.3) is 5.91 Å². The summed E-state index contributed by atoms with van der Waals surface area (Å²) in [7, 11) is 0. The molecule has 0 radical (unpaired) electrons. The maximum Gasteiger partial charge on any atom is 0.255 e. The van der Waals surface area contributed by atoms with Crippen LogP contribution in [0.4, 0.5) is 5.69 Å². The fraction of sp³-hybridized carbons (Fsp3) is 0.0370. The van der Waals surface area contributed by atoms with Gasteiger partial charge in [-0.3, -0.25) is 4.79 Å². The van der Waals surface area contributed by atoms with Crippen molar-refractivity contribution >= 4 is 11.6 Å². The maximum atomic E-state index is 12.6. The molecule has 0 bridgehead atoms. The SMILES string of the molecule is Cc1ccn(-c2ccc(Oc3ccc(NC(=O)c4ccc(Oc5ccccc5)cc4)cc3)nn2)n1. The fourth-order valence-corrected chi connectivity index (χ4v) is 3.26. The number of carbonyl (C=O) groups excluding carboxylic acids is 1. The van der Waals surface area contributed by atoms with Crippen LogP contribution in [0.5, 0.6) is 23.1 Å². The average molecular weight is 463 g/mol. The zero-order chi connectivity index (χ0) is 24.0. The number of benzene rings is 3. The van der Waals surface area contributed by atoms with Gasteiger partial charge in [-0.15, -0.1) is 10.2 Å². The van der Waals surface area contributed by atoms with Crippen LogP contribution in [0, 0.1) is 6.92 Å². The Morgan fingerprint density at radius 2 is 1.43 bits per heavy atom. The normalized spacial score (nSPS) is 10.5. The Labute approximate surface area is 201 Å². The van der Waals surface area contributed by atoms with E-state index in [1.165, 1.54) is 0 Å². The van der Waals surface area contributed by atoms with E-state index in [1.54, 1.807) is 65.3 Å². The second-order valence-corrected chi connectivity index (χ2v) is 7.65. The van der Waals surface area contributed by atoms with Gasteiger partial charge in [0, 0.05) is 23.5 Å². The molecule has 3 aromatic carbocycles. The smallest absolute Gasteiger partial charge is 0.255 e. The largest absolute Gasteiger partial charge is 0.457 e. The van der Waals surface area contributed by atoms with Gasteiger partial charge in [0.1, 0.15) is 17.2 Å². The first kappa shape index (κ1) is 21.8. The Balaban J connectivity index is 1.17. The number of hydrogen-bond acceptors (Lipinski definition) is 6. The minimum absolute atomic E-state index is 0.222. The van der Waals surface area contributed by atoms with Crippen molar-refractivity contribution in [2.45, 2.75) is 6.92 Å². The molecule has 0 aliphatic carbocycles. The molecule has 35 heavy (non-hydrogen) atoms. The molecule has 172 valence electrons. The van der Waals surface area contributed by atoms with E-state index < -0.39 is 0 Å². The van der Waals surface area contributed by atoms with Crippen LogP contribution in [0.15, 0.2) is 103 Å². The summed E-state index contributed by atoms with van der Waals surface area (Å²) in [6.07, 6.45) is 1.82. The first-order valence-electron chi connectivity index (χ1n) is 10.9. The second-order valence-electron chi connectivity index (χ2n) is 7.65. The molecule has 2 aromatic heterocycles. The highest BCUT2D eigenvalue weighted by molar-refractivity contribution is 6.04. The number of ether oxygens (including phenoxy) is 2. The van der Waals surface area contributed by atoms with Gasteiger partial charge in [-0.1, -0.05) is 18.2 Å². The molecular weight excluding hydrogens is 442 g/mol. The lowest BCUT2D eigenvalue weighted by atomic mass is 10.2. The van der Waals surface area contributed by atoms with Crippen molar-refractivity contribution in [1.29, 1.82) is 0 Å². The molecule has 0 atom stereocenters. The monoisotopic (exact) mass is 463 g/mol. The molecule has 0 unspecified atom stereocenters. The van der Waals surface area contributed by atoms with Gasteiger partial charge in [0.2, 0.25) is 5.88 Å². The molecule has 5 aromatic rings. The van der Waals surface area contributed by atoms with Crippen LogP contribution < -0.4 is 14.8 Å². The number of para-hydroxylation sites is 1. The van der Waals surface area contributed by atoms with E-state index in [9.17, 15) is 4.79 Å². The highest BCUT2D eigenvalue weighted by Crippen LogP contribution is 2.23. The number of amides is 1. The van der Waals surface area contributed by atoms with Crippen molar-refractivity contribution < 1.29 is 14.3 Å². The van der Waals surface area contributed by atoms with E-state index in [4.69, 9.17) is 9.47 Å². The summed E-state index contributed by atoms with van der Waals surface area (Å²) >= 11 is 0. The summed E-state index contributed by atoms with van der Waals surface area (Å²) in [5.41, 5.74) is 2.06. The summed E-state index contributed by atoms with van der Waals surface area (Å²) in [5, 5.41) is 15.4. The van der Waals surface area contributed by atoms with Gasteiger partial charge in [-0.25, -0.2) is 4.68 Å². The van der Waals surface area contributed by atoms with Gasteiger partial charge in [0.05, 0.1) is 5.69 Å². The van der Waals surface area contributed by atoms with Crippen LogP contribution in [0.3, 0.4) is 0 Å². The lowest BCUT2D eigenvalue weighted by molar-refractivity contribution is 0.102. The fourth-order valence-electron chi connectivity index (χ4n) is 3.26. The van der Waals surface area contributed by atoms with Gasteiger partial charge in [-0.2, -0.15) is 5.10 Å². The first-order valence-corrected chi connectivity index (χ1v) is 10.9. The van der Waals surface area contributed by atoms with Crippen LogP contribution >= 0.6 is 0 Å². The summed E-state index contributed by atoms with van der Waals surface area (Å²) < 4.78 is 13.2. The standard InChI is InChI=1S/C27H21N5O3/c1-19-17-18-32(31-19)25-15-16-26(30-29-25)35-24-13-9-21(10-14-24)28-27(33)20-7-11-23(12-8-20)34-22-5-3-2-4-6-22/h2-18H,1H3,(H,28,33). The summed E-state index contributed by atoms with van der Waals surface area (Å²) in [6.45, 7) is 1.91. The number of aryl methyl sites for hydroxylation is 1. The van der Waals surface area contributed by atoms with Crippen LogP contribution in [0.1, 0.15) is 16.1 Å². The summed E-state index contributed by atoms with van der Waals surface area (Å²) in [4.78, 5) is 12.6. The minimum atomic E-state index is -0.222. The highest BCUT2D eigenvalue weighted by atomic mass is 16.5. The van der Waals surface area contributed by atoms with Gasteiger partial charge in [0.15, 0.2) is 5.82 Å². The molecular formula is C27H21N5O3. The summed E-state index contributed by atoms with van der Waals surface area (Å²) in [6, 6.07) is 28.8. The number of hydrogen-bond donors (Lipinski definition) is 1. The average Bonchev–Trinajstić information content (AvgIpc) is 3.33. The van der Waals surface area contributed by atoms with E-state index in [-0.39, 0.29) is 5.91 Å². The van der Waals surface area contributed by atoms with E-state index in [0.29, 0.717) is 34.4 Å². The molecule has 0 fully saturated rings. The van der Waals surface area contributed by atoms with Crippen LogP contribution in [-0.4, -0.2) is 25.9 Å². The summed E-state index contributed by atoms with van der Waals surface area (Å²) in [5.74, 6) is 2.70. The molecule has 0 saturated carbocycles. The highest BCUT2D eigenvalue weighted by Gasteiger charge is 2.08. The van der Waals surface area contributed by atoms with Gasteiger partial charge < -0.3 is 14.8 Å². The third kappa shape index (κ3) is 5.51. The van der Waals surface area contributed by atoms with Crippen molar-refractivity contribution in [3.8, 4) is 28.9 Å². The van der Waals surface area contributed by atoms with E-state index in [2.05, 4.69) is 20.6 Å². The predicted molar refractivity (Wildman–Crippen MR) is 131 cm³/mol. The Bertz CT molecular complexity index is 1410.